The zero-order valence-corrected chi connectivity index (χ0v) is 17.9. The Hall–Kier alpha value is -3.72. The first-order valence-electron chi connectivity index (χ1n) is 9.28. The van der Waals surface area contributed by atoms with Crippen LogP contribution in [-0.4, -0.2) is 39.6 Å². The summed E-state index contributed by atoms with van der Waals surface area (Å²) in [7, 11) is 1.51. The average Bonchev–Trinajstić information content (AvgIpc) is 3.17. The molecule has 0 aliphatic carbocycles. The van der Waals surface area contributed by atoms with Gasteiger partial charge < -0.3 is 15.4 Å². The molecule has 2 amide bonds. The van der Waals surface area contributed by atoms with Crippen LogP contribution in [0, 0.1) is 6.92 Å². The predicted octanol–water partition coefficient (Wildman–Crippen LogP) is 2.90. The van der Waals surface area contributed by atoms with E-state index in [-0.39, 0.29) is 29.0 Å². The molecule has 0 unspecified atom stereocenters. The largest absolute Gasteiger partial charge is 0.459 e. The number of benzene rings is 1. The van der Waals surface area contributed by atoms with Crippen LogP contribution in [0.2, 0.25) is 5.02 Å². The van der Waals surface area contributed by atoms with Crippen LogP contribution < -0.4 is 10.6 Å². The van der Waals surface area contributed by atoms with Crippen LogP contribution in [0.1, 0.15) is 39.0 Å². The van der Waals surface area contributed by atoms with E-state index < -0.39 is 11.9 Å². The fraction of sp³-hybridized carbons (Fsp3) is 0.190. The molecule has 9 nitrogen and oxygen atoms in total. The first-order chi connectivity index (χ1) is 14.8. The van der Waals surface area contributed by atoms with Gasteiger partial charge >= 0.3 is 5.97 Å². The number of aryl methyl sites for hydroxylation is 1. The zero-order valence-electron chi connectivity index (χ0n) is 17.1. The normalized spacial score (nSPS) is 10.5. The van der Waals surface area contributed by atoms with E-state index in [4.69, 9.17) is 16.3 Å². The van der Waals surface area contributed by atoms with Crippen LogP contribution in [0.25, 0.3) is 5.82 Å². The minimum Gasteiger partial charge on any atom is -0.459 e. The van der Waals surface area contributed by atoms with Crippen LogP contribution in [0.4, 0.5) is 5.69 Å². The van der Waals surface area contributed by atoms with Crippen molar-refractivity contribution in [3.05, 3.63) is 70.1 Å². The van der Waals surface area contributed by atoms with Crippen molar-refractivity contribution < 1.29 is 19.1 Å². The van der Waals surface area contributed by atoms with Crippen molar-refractivity contribution in [1.82, 2.24) is 20.1 Å². The van der Waals surface area contributed by atoms with Gasteiger partial charge in [-0.2, -0.15) is 5.10 Å². The lowest BCUT2D eigenvalue weighted by Crippen LogP contribution is -2.23. The lowest BCUT2D eigenvalue weighted by atomic mass is 10.1. The molecule has 0 radical (unpaired) electrons. The number of pyridine rings is 1. The van der Waals surface area contributed by atoms with Crippen molar-refractivity contribution >= 4 is 35.1 Å². The maximum Gasteiger partial charge on any atom is 0.303 e. The summed E-state index contributed by atoms with van der Waals surface area (Å²) in [5, 5.41) is 9.94. The molecule has 3 rings (SSSR count). The molecule has 1 aromatic carbocycles. The molecular formula is C21H20ClN5O4. The van der Waals surface area contributed by atoms with Gasteiger partial charge in [0.05, 0.1) is 16.3 Å². The Morgan fingerprint density at radius 3 is 2.61 bits per heavy atom. The number of halogens is 1. The van der Waals surface area contributed by atoms with Crippen molar-refractivity contribution in [2.75, 3.05) is 12.4 Å². The fourth-order valence-electron chi connectivity index (χ4n) is 2.87. The monoisotopic (exact) mass is 441 g/mol. The number of carbonyl (C=O) groups excluding carboxylic acids is 3. The lowest BCUT2D eigenvalue weighted by molar-refractivity contribution is -0.142. The predicted molar refractivity (Wildman–Crippen MR) is 114 cm³/mol. The van der Waals surface area contributed by atoms with Gasteiger partial charge in [0.2, 0.25) is 0 Å². The first kappa shape index (κ1) is 22.0. The molecule has 160 valence electrons. The Kier molecular flexibility index (Phi) is 6.66. The Morgan fingerprint density at radius 2 is 1.94 bits per heavy atom. The minimum absolute atomic E-state index is 0.105. The molecule has 2 N–H and O–H groups in total. The molecular weight excluding hydrogens is 422 g/mol. The lowest BCUT2D eigenvalue weighted by Gasteiger charge is -2.14. The van der Waals surface area contributed by atoms with E-state index in [0.29, 0.717) is 22.5 Å². The van der Waals surface area contributed by atoms with Gasteiger partial charge in [-0.15, -0.1) is 0 Å². The maximum atomic E-state index is 13.2. The van der Waals surface area contributed by atoms with Crippen molar-refractivity contribution in [2.24, 2.45) is 0 Å². The van der Waals surface area contributed by atoms with E-state index >= 15 is 0 Å². The second-order valence-electron chi connectivity index (χ2n) is 6.55. The average molecular weight is 442 g/mol. The van der Waals surface area contributed by atoms with E-state index in [0.717, 1.165) is 0 Å². The third kappa shape index (κ3) is 4.89. The standard InChI is InChI=1S/C21H20ClN5O4/c1-12-6-4-7-15(20(29)23-3)18(12)25-21(30)17-10-14(11-31-13(2)28)26-27(17)19-16(22)8-5-9-24-19/h4-10H,11H2,1-3H3,(H,23,29)(H,25,30). The van der Waals surface area contributed by atoms with E-state index in [1.54, 1.807) is 37.3 Å². The Morgan fingerprint density at radius 1 is 1.16 bits per heavy atom. The van der Waals surface area contributed by atoms with E-state index in [1.165, 1.54) is 30.9 Å². The molecule has 0 fully saturated rings. The van der Waals surface area contributed by atoms with Gasteiger partial charge in [-0.1, -0.05) is 23.7 Å². The number of hydrogen-bond acceptors (Lipinski definition) is 6. The second kappa shape index (κ2) is 9.40. The third-order valence-corrected chi connectivity index (χ3v) is 4.63. The zero-order chi connectivity index (χ0) is 22.5. The summed E-state index contributed by atoms with van der Waals surface area (Å²) < 4.78 is 6.26. The van der Waals surface area contributed by atoms with Gasteiger partial charge in [0.1, 0.15) is 18.0 Å². The Labute approximate surface area is 183 Å². The van der Waals surface area contributed by atoms with E-state index in [2.05, 4.69) is 20.7 Å². The molecule has 10 heteroatoms. The van der Waals surface area contributed by atoms with Crippen LogP contribution in [0.5, 0.6) is 0 Å². The molecule has 0 aliphatic heterocycles. The minimum atomic E-state index is -0.539. The number of amides is 2. The summed E-state index contributed by atoms with van der Waals surface area (Å²) in [5.74, 6) is -1.12. The van der Waals surface area contributed by atoms with Crippen LogP contribution in [0.15, 0.2) is 42.6 Å². The molecule has 0 spiro atoms. The van der Waals surface area contributed by atoms with Gasteiger partial charge in [-0.3, -0.25) is 14.4 Å². The Bertz CT molecular complexity index is 1160. The van der Waals surface area contributed by atoms with Gasteiger partial charge in [-0.05, 0) is 36.8 Å². The summed E-state index contributed by atoms with van der Waals surface area (Å²) in [6.07, 6.45) is 1.52. The number of ether oxygens (including phenoxy) is 1. The number of nitrogens with one attached hydrogen (secondary N) is 2. The summed E-state index contributed by atoms with van der Waals surface area (Å²) in [4.78, 5) is 40.8. The molecule has 31 heavy (non-hydrogen) atoms. The van der Waals surface area contributed by atoms with Gasteiger partial charge in [0.25, 0.3) is 11.8 Å². The van der Waals surface area contributed by atoms with Crippen LogP contribution in [-0.2, 0) is 16.1 Å². The van der Waals surface area contributed by atoms with E-state index in [1.807, 2.05) is 0 Å². The number of aromatic nitrogens is 3. The summed E-state index contributed by atoms with van der Waals surface area (Å²) in [6, 6.07) is 9.86. The number of nitrogens with zero attached hydrogens (tertiary/aromatic N) is 3. The highest BCUT2D eigenvalue weighted by Crippen LogP contribution is 2.24. The molecule has 2 heterocycles. The summed E-state index contributed by atoms with van der Waals surface area (Å²) in [6.45, 7) is 2.93. The maximum absolute atomic E-state index is 13.2. The number of anilines is 1. The first-order valence-corrected chi connectivity index (χ1v) is 9.66. The van der Waals surface area contributed by atoms with Crippen molar-refractivity contribution in [2.45, 2.75) is 20.5 Å². The van der Waals surface area contributed by atoms with Gasteiger partial charge in [0.15, 0.2) is 5.82 Å². The molecule has 2 aromatic heterocycles. The molecule has 0 bridgehead atoms. The third-order valence-electron chi connectivity index (χ3n) is 4.34. The number of hydrogen-bond donors (Lipinski definition) is 2. The molecule has 0 atom stereocenters. The summed E-state index contributed by atoms with van der Waals surface area (Å²) >= 11 is 6.25. The number of para-hydroxylation sites is 1. The highest BCUT2D eigenvalue weighted by Gasteiger charge is 2.22. The smallest absolute Gasteiger partial charge is 0.303 e. The number of esters is 1. The molecule has 0 aliphatic rings. The summed E-state index contributed by atoms with van der Waals surface area (Å²) in [5.41, 5.74) is 1.83. The van der Waals surface area contributed by atoms with Gasteiger partial charge in [0, 0.05) is 20.2 Å². The fourth-order valence-corrected chi connectivity index (χ4v) is 3.07. The van der Waals surface area contributed by atoms with Crippen LogP contribution in [0.3, 0.4) is 0 Å². The highest BCUT2D eigenvalue weighted by atomic mass is 35.5. The number of rotatable bonds is 6. The molecule has 0 saturated heterocycles. The Balaban J connectivity index is 2.04. The highest BCUT2D eigenvalue weighted by molar-refractivity contribution is 6.32. The van der Waals surface area contributed by atoms with E-state index in [9.17, 15) is 14.4 Å². The topological polar surface area (TPSA) is 115 Å². The number of carbonyl (C=O) groups is 3. The quantitative estimate of drug-likeness (QED) is 0.568. The van der Waals surface area contributed by atoms with Crippen LogP contribution >= 0.6 is 11.6 Å². The van der Waals surface area contributed by atoms with Crippen molar-refractivity contribution in [3.8, 4) is 5.82 Å². The van der Waals surface area contributed by atoms with Crippen molar-refractivity contribution in [3.63, 3.8) is 0 Å². The molecule has 3 aromatic rings. The SMILES string of the molecule is CNC(=O)c1cccc(C)c1NC(=O)c1cc(COC(C)=O)nn1-c1ncccc1Cl. The van der Waals surface area contributed by atoms with Crippen molar-refractivity contribution in [1.29, 1.82) is 0 Å². The molecule has 0 saturated carbocycles. The van der Waals surface area contributed by atoms with Gasteiger partial charge in [-0.25, -0.2) is 9.67 Å². The second-order valence-corrected chi connectivity index (χ2v) is 6.96.